The Balaban J connectivity index is 2.03. The van der Waals surface area contributed by atoms with E-state index in [1.54, 1.807) is 6.26 Å². The van der Waals surface area contributed by atoms with E-state index in [0.717, 1.165) is 35.2 Å². The molecule has 1 fully saturated rings. The first-order valence-electron chi connectivity index (χ1n) is 7.44. The molecule has 0 amide bonds. The zero-order valence-electron chi connectivity index (χ0n) is 12.1. The Morgan fingerprint density at radius 3 is 2.86 bits per heavy atom. The van der Waals surface area contributed by atoms with E-state index in [0.29, 0.717) is 6.42 Å². The number of halogens is 1. The van der Waals surface area contributed by atoms with Crippen LogP contribution in [0.2, 0.25) is 0 Å². The molecule has 3 rings (SSSR count). The summed E-state index contributed by atoms with van der Waals surface area (Å²) in [7, 11) is 0. The third-order valence-electron chi connectivity index (χ3n) is 4.14. The summed E-state index contributed by atoms with van der Waals surface area (Å²) in [4.78, 5) is 13.7. The second-order valence-corrected chi connectivity index (χ2v) is 6.48. The van der Waals surface area contributed by atoms with Crippen LogP contribution in [0, 0.1) is 0 Å². The van der Waals surface area contributed by atoms with Gasteiger partial charge in [0.25, 0.3) is 0 Å². The smallest absolute Gasteiger partial charge is 0.320 e. The van der Waals surface area contributed by atoms with Gasteiger partial charge in [-0.1, -0.05) is 34.5 Å². The molecule has 4 nitrogen and oxygen atoms in total. The normalized spacial score (nSPS) is 20.7. The van der Waals surface area contributed by atoms with Crippen LogP contribution >= 0.6 is 15.9 Å². The summed E-state index contributed by atoms with van der Waals surface area (Å²) in [5.41, 5.74) is 1.04. The minimum Gasteiger partial charge on any atom is -0.480 e. The fraction of sp³-hybridized carbons (Fsp3) is 0.353. The predicted octanol–water partition coefficient (Wildman–Crippen LogP) is 4.07. The third kappa shape index (κ3) is 3.10. The fourth-order valence-electron chi connectivity index (χ4n) is 3.17. The highest BCUT2D eigenvalue weighted by Gasteiger charge is 2.36. The maximum Gasteiger partial charge on any atom is 0.320 e. The maximum absolute atomic E-state index is 11.7. The number of benzene rings is 1. The van der Waals surface area contributed by atoms with Crippen LogP contribution in [-0.2, 0) is 4.79 Å². The molecule has 5 heteroatoms. The van der Waals surface area contributed by atoms with E-state index >= 15 is 0 Å². The Morgan fingerprint density at radius 1 is 1.32 bits per heavy atom. The number of carboxylic acid groups (broad SMARTS) is 1. The lowest BCUT2D eigenvalue weighted by atomic mass is 9.95. The van der Waals surface area contributed by atoms with Gasteiger partial charge in [-0.2, -0.15) is 0 Å². The Bertz CT molecular complexity index is 641. The van der Waals surface area contributed by atoms with Gasteiger partial charge in [-0.05, 0) is 42.7 Å². The van der Waals surface area contributed by atoms with Crippen LogP contribution in [0.15, 0.2) is 51.6 Å². The van der Waals surface area contributed by atoms with E-state index in [9.17, 15) is 9.90 Å². The summed E-state index contributed by atoms with van der Waals surface area (Å²) in [6.45, 7) is 0.759. The van der Waals surface area contributed by atoms with Crippen LogP contribution in [0.25, 0.3) is 0 Å². The predicted molar refractivity (Wildman–Crippen MR) is 86.7 cm³/mol. The Morgan fingerprint density at radius 2 is 2.18 bits per heavy atom. The molecule has 2 unspecified atom stereocenters. The topological polar surface area (TPSA) is 53.7 Å². The van der Waals surface area contributed by atoms with Crippen molar-refractivity contribution in [1.82, 2.24) is 4.90 Å². The number of furan rings is 1. The van der Waals surface area contributed by atoms with Crippen molar-refractivity contribution in [3.05, 3.63) is 58.5 Å². The van der Waals surface area contributed by atoms with Crippen molar-refractivity contribution in [1.29, 1.82) is 0 Å². The molecule has 1 saturated heterocycles. The molecule has 2 atom stereocenters. The van der Waals surface area contributed by atoms with E-state index in [-0.39, 0.29) is 6.04 Å². The Kier molecular flexibility index (Phi) is 4.64. The number of carbonyl (C=O) groups is 1. The lowest BCUT2D eigenvalue weighted by Gasteiger charge is -2.38. The number of rotatable bonds is 4. The molecule has 1 aromatic carbocycles. The van der Waals surface area contributed by atoms with Gasteiger partial charge in [-0.3, -0.25) is 9.69 Å². The van der Waals surface area contributed by atoms with Crippen molar-refractivity contribution >= 4 is 21.9 Å². The average molecular weight is 364 g/mol. The lowest BCUT2D eigenvalue weighted by Crippen LogP contribution is -2.46. The maximum atomic E-state index is 11.7. The molecule has 0 spiro atoms. The van der Waals surface area contributed by atoms with Crippen LogP contribution < -0.4 is 0 Å². The molecular weight excluding hydrogens is 346 g/mol. The van der Waals surface area contributed by atoms with Gasteiger partial charge < -0.3 is 9.52 Å². The monoisotopic (exact) mass is 363 g/mol. The molecule has 0 bridgehead atoms. The molecule has 1 aromatic heterocycles. The van der Waals surface area contributed by atoms with Gasteiger partial charge in [-0.15, -0.1) is 0 Å². The zero-order chi connectivity index (χ0) is 15.5. The minimum absolute atomic E-state index is 0.172. The van der Waals surface area contributed by atoms with Crippen LogP contribution in [-0.4, -0.2) is 28.6 Å². The first kappa shape index (κ1) is 15.3. The molecule has 1 aliphatic heterocycles. The summed E-state index contributed by atoms with van der Waals surface area (Å²) in [5.74, 6) is 0.0255. The average Bonchev–Trinajstić information content (AvgIpc) is 3.02. The molecule has 1 N–H and O–H groups in total. The number of nitrogens with zero attached hydrogens (tertiary/aromatic N) is 1. The third-order valence-corrected chi connectivity index (χ3v) is 4.63. The van der Waals surface area contributed by atoms with Crippen molar-refractivity contribution in [2.24, 2.45) is 0 Å². The van der Waals surface area contributed by atoms with Crippen LogP contribution in [0.4, 0.5) is 0 Å². The van der Waals surface area contributed by atoms with Crippen molar-refractivity contribution < 1.29 is 14.3 Å². The van der Waals surface area contributed by atoms with Gasteiger partial charge in [0.2, 0.25) is 0 Å². The van der Waals surface area contributed by atoms with Crippen molar-refractivity contribution in [3.8, 4) is 0 Å². The molecule has 22 heavy (non-hydrogen) atoms. The quantitative estimate of drug-likeness (QED) is 0.889. The molecule has 2 heterocycles. The number of hydrogen-bond donors (Lipinski definition) is 1. The number of carboxylic acids is 1. The Labute approximate surface area is 137 Å². The summed E-state index contributed by atoms with van der Waals surface area (Å²) >= 11 is 3.50. The largest absolute Gasteiger partial charge is 0.480 e. The van der Waals surface area contributed by atoms with E-state index < -0.39 is 12.0 Å². The number of hydrogen-bond acceptors (Lipinski definition) is 3. The van der Waals surface area contributed by atoms with Crippen molar-refractivity contribution in [2.45, 2.75) is 31.3 Å². The van der Waals surface area contributed by atoms with Gasteiger partial charge in [-0.25, -0.2) is 0 Å². The van der Waals surface area contributed by atoms with E-state index in [1.807, 2.05) is 41.3 Å². The highest BCUT2D eigenvalue weighted by molar-refractivity contribution is 9.10. The zero-order valence-corrected chi connectivity index (χ0v) is 13.7. The second kappa shape index (κ2) is 6.67. The number of aliphatic carboxylic acids is 1. The molecule has 1 aliphatic rings. The minimum atomic E-state index is -0.758. The highest BCUT2D eigenvalue weighted by atomic mass is 79.9. The lowest BCUT2D eigenvalue weighted by molar-refractivity contribution is -0.145. The molecule has 0 aliphatic carbocycles. The summed E-state index contributed by atoms with van der Waals surface area (Å²) < 4.78 is 6.60. The van der Waals surface area contributed by atoms with E-state index in [4.69, 9.17) is 4.42 Å². The highest BCUT2D eigenvalue weighted by Crippen LogP contribution is 2.35. The second-order valence-electron chi connectivity index (χ2n) is 5.56. The van der Waals surface area contributed by atoms with Gasteiger partial charge in [0, 0.05) is 11.0 Å². The van der Waals surface area contributed by atoms with Gasteiger partial charge in [0.1, 0.15) is 11.8 Å². The van der Waals surface area contributed by atoms with Crippen LogP contribution in [0.3, 0.4) is 0 Å². The van der Waals surface area contributed by atoms with E-state index in [1.165, 1.54) is 0 Å². The summed E-state index contributed by atoms with van der Waals surface area (Å²) in [6, 6.07) is 11.1. The summed E-state index contributed by atoms with van der Waals surface area (Å²) in [5, 5.41) is 9.58. The molecule has 2 aromatic rings. The molecular formula is C17H18BrNO3. The SMILES string of the molecule is O=C(O)C1CCCCN1C(c1cccc(Br)c1)c1ccco1. The number of likely N-dealkylation sites (tertiary alicyclic amines) is 1. The van der Waals surface area contributed by atoms with Crippen LogP contribution in [0.1, 0.15) is 36.6 Å². The fourth-order valence-corrected chi connectivity index (χ4v) is 3.59. The van der Waals surface area contributed by atoms with E-state index in [2.05, 4.69) is 15.9 Å². The molecule has 0 radical (unpaired) electrons. The summed E-state index contributed by atoms with van der Waals surface area (Å²) in [6.07, 6.45) is 4.28. The number of piperidine rings is 1. The first-order valence-corrected chi connectivity index (χ1v) is 8.23. The molecule has 0 saturated carbocycles. The Hall–Kier alpha value is -1.59. The van der Waals surface area contributed by atoms with Gasteiger partial charge >= 0.3 is 5.97 Å². The van der Waals surface area contributed by atoms with Gasteiger partial charge in [0.15, 0.2) is 0 Å². The van der Waals surface area contributed by atoms with Crippen molar-refractivity contribution in [3.63, 3.8) is 0 Å². The van der Waals surface area contributed by atoms with Gasteiger partial charge in [0.05, 0.1) is 12.3 Å². The first-order chi connectivity index (χ1) is 10.7. The molecule has 116 valence electrons. The standard InChI is InChI=1S/C17H18BrNO3/c18-13-6-3-5-12(11-13)16(15-8-4-10-22-15)19-9-2-1-7-14(19)17(20)21/h3-6,8,10-11,14,16H,1-2,7,9H2,(H,20,21). The van der Waals surface area contributed by atoms with Crippen LogP contribution in [0.5, 0.6) is 0 Å². The van der Waals surface area contributed by atoms with Crippen molar-refractivity contribution in [2.75, 3.05) is 6.54 Å².